The van der Waals surface area contributed by atoms with Crippen LogP contribution in [0.1, 0.15) is 11.3 Å². The first-order chi connectivity index (χ1) is 6.78. The Morgan fingerprint density at radius 1 is 1.57 bits per heavy atom. The van der Waals surface area contributed by atoms with E-state index in [1.807, 2.05) is 12.3 Å². The SMILES string of the molecule is NCc1coc(Cn2cc(Br)cn2)c1. The van der Waals surface area contributed by atoms with E-state index in [1.54, 1.807) is 17.1 Å². The van der Waals surface area contributed by atoms with Crippen LogP contribution in [0.25, 0.3) is 0 Å². The predicted octanol–water partition coefficient (Wildman–Crippen LogP) is 1.75. The van der Waals surface area contributed by atoms with Crippen LogP contribution in [0, 0.1) is 0 Å². The lowest BCUT2D eigenvalue weighted by Gasteiger charge is -1.95. The molecule has 0 fully saturated rings. The molecule has 0 spiro atoms. The zero-order chi connectivity index (χ0) is 9.97. The molecule has 2 rings (SSSR count). The molecule has 2 heterocycles. The van der Waals surface area contributed by atoms with Crippen LogP contribution in [0.5, 0.6) is 0 Å². The predicted molar refractivity (Wildman–Crippen MR) is 55.6 cm³/mol. The molecule has 0 radical (unpaired) electrons. The summed E-state index contributed by atoms with van der Waals surface area (Å²) in [7, 11) is 0. The van der Waals surface area contributed by atoms with Crippen molar-refractivity contribution >= 4 is 15.9 Å². The molecule has 0 atom stereocenters. The van der Waals surface area contributed by atoms with Gasteiger partial charge in [0.15, 0.2) is 0 Å². The summed E-state index contributed by atoms with van der Waals surface area (Å²) in [6.07, 6.45) is 5.31. The van der Waals surface area contributed by atoms with Gasteiger partial charge in [0.25, 0.3) is 0 Å². The monoisotopic (exact) mass is 255 g/mol. The maximum absolute atomic E-state index is 5.47. The molecule has 4 nitrogen and oxygen atoms in total. The molecule has 0 bridgehead atoms. The molecule has 0 aliphatic heterocycles. The van der Waals surface area contributed by atoms with E-state index in [4.69, 9.17) is 10.2 Å². The molecule has 2 aromatic rings. The van der Waals surface area contributed by atoms with Crippen LogP contribution in [-0.4, -0.2) is 9.78 Å². The normalized spacial score (nSPS) is 10.7. The highest BCUT2D eigenvalue weighted by atomic mass is 79.9. The summed E-state index contributed by atoms with van der Waals surface area (Å²) >= 11 is 3.33. The summed E-state index contributed by atoms with van der Waals surface area (Å²) in [6.45, 7) is 1.14. The molecule has 0 unspecified atom stereocenters. The van der Waals surface area contributed by atoms with E-state index < -0.39 is 0 Å². The van der Waals surface area contributed by atoms with Crippen LogP contribution < -0.4 is 5.73 Å². The third-order valence-corrected chi connectivity index (χ3v) is 2.27. The van der Waals surface area contributed by atoms with Gasteiger partial charge in [0.1, 0.15) is 5.76 Å². The van der Waals surface area contributed by atoms with Crippen molar-refractivity contribution in [1.29, 1.82) is 0 Å². The second-order valence-electron chi connectivity index (χ2n) is 2.98. The van der Waals surface area contributed by atoms with E-state index >= 15 is 0 Å². The van der Waals surface area contributed by atoms with Crippen molar-refractivity contribution in [2.45, 2.75) is 13.1 Å². The van der Waals surface area contributed by atoms with E-state index in [-0.39, 0.29) is 0 Å². The third kappa shape index (κ3) is 2.05. The van der Waals surface area contributed by atoms with Gasteiger partial charge in [0, 0.05) is 18.3 Å². The van der Waals surface area contributed by atoms with Crippen LogP contribution in [0.4, 0.5) is 0 Å². The smallest absolute Gasteiger partial charge is 0.125 e. The van der Waals surface area contributed by atoms with Gasteiger partial charge in [-0.2, -0.15) is 5.10 Å². The van der Waals surface area contributed by atoms with E-state index in [0.29, 0.717) is 13.1 Å². The highest BCUT2D eigenvalue weighted by Crippen LogP contribution is 2.11. The van der Waals surface area contributed by atoms with Crippen molar-refractivity contribution in [2.24, 2.45) is 5.73 Å². The molecule has 0 saturated carbocycles. The number of nitrogens with zero attached hydrogens (tertiary/aromatic N) is 2. The van der Waals surface area contributed by atoms with Gasteiger partial charge in [0.2, 0.25) is 0 Å². The summed E-state index contributed by atoms with van der Waals surface area (Å²) in [5.41, 5.74) is 6.48. The van der Waals surface area contributed by atoms with Crippen LogP contribution in [-0.2, 0) is 13.1 Å². The minimum atomic E-state index is 0.506. The lowest BCUT2D eigenvalue weighted by atomic mass is 10.3. The van der Waals surface area contributed by atoms with Gasteiger partial charge >= 0.3 is 0 Å². The number of aromatic nitrogens is 2. The fourth-order valence-corrected chi connectivity index (χ4v) is 1.53. The lowest BCUT2D eigenvalue weighted by Crippen LogP contribution is -1.98. The number of furan rings is 1. The number of hydrogen-bond donors (Lipinski definition) is 1. The molecule has 14 heavy (non-hydrogen) atoms. The van der Waals surface area contributed by atoms with Crippen LogP contribution in [0.3, 0.4) is 0 Å². The Labute approximate surface area is 89.8 Å². The molecule has 0 aliphatic carbocycles. The van der Waals surface area contributed by atoms with Crippen molar-refractivity contribution in [2.75, 3.05) is 0 Å². The van der Waals surface area contributed by atoms with Crippen molar-refractivity contribution < 1.29 is 4.42 Å². The van der Waals surface area contributed by atoms with Gasteiger partial charge in [-0.15, -0.1) is 0 Å². The first kappa shape index (κ1) is 9.48. The largest absolute Gasteiger partial charge is 0.467 e. The van der Waals surface area contributed by atoms with Gasteiger partial charge in [-0.25, -0.2) is 0 Å². The molecule has 74 valence electrons. The highest BCUT2D eigenvalue weighted by molar-refractivity contribution is 9.10. The average molecular weight is 256 g/mol. The van der Waals surface area contributed by atoms with E-state index in [0.717, 1.165) is 15.8 Å². The molecule has 0 saturated heterocycles. The Hall–Kier alpha value is -1.07. The number of hydrogen-bond acceptors (Lipinski definition) is 3. The zero-order valence-corrected chi connectivity index (χ0v) is 9.07. The Kier molecular flexibility index (Phi) is 2.69. The quantitative estimate of drug-likeness (QED) is 0.910. The Bertz CT molecular complexity index is 421. The molecular weight excluding hydrogens is 246 g/mol. The standard InChI is InChI=1S/C9H10BrN3O/c10-8-3-12-13(4-8)5-9-1-7(2-11)6-14-9/h1,3-4,6H,2,5,11H2. The lowest BCUT2D eigenvalue weighted by molar-refractivity contribution is 0.478. The molecule has 0 amide bonds. The molecule has 5 heteroatoms. The number of nitrogens with two attached hydrogens (primary N) is 1. The van der Waals surface area contributed by atoms with E-state index in [2.05, 4.69) is 21.0 Å². The van der Waals surface area contributed by atoms with Gasteiger partial charge in [-0.1, -0.05) is 0 Å². The van der Waals surface area contributed by atoms with Crippen LogP contribution in [0.15, 0.2) is 33.6 Å². The Morgan fingerprint density at radius 2 is 2.43 bits per heavy atom. The number of rotatable bonds is 3. The molecule has 0 aliphatic rings. The Balaban J connectivity index is 2.10. The van der Waals surface area contributed by atoms with Crippen LogP contribution in [0.2, 0.25) is 0 Å². The van der Waals surface area contributed by atoms with Crippen molar-refractivity contribution in [3.63, 3.8) is 0 Å². The first-order valence-electron chi connectivity index (χ1n) is 4.22. The first-order valence-corrected chi connectivity index (χ1v) is 5.01. The van der Waals surface area contributed by atoms with Crippen molar-refractivity contribution in [3.05, 3.63) is 40.5 Å². The Morgan fingerprint density at radius 3 is 3.00 bits per heavy atom. The summed E-state index contributed by atoms with van der Waals surface area (Å²) in [5, 5.41) is 4.12. The maximum Gasteiger partial charge on any atom is 0.125 e. The third-order valence-electron chi connectivity index (χ3n) is 1.86. The van der Waals surface area contributed by atoms with E-state index in [1.165, 1.54) is 0 Å². The topological polar surface area (TPSA) is 57.0 Å². The van der Waals surface area contributed by atoms with Crippen LogP contribution >= 0.6 is 15.9 Å². The molecule has 2 N–H and O–H groups in total. The number of halogens is 1. The minimum Gasteiger partial charge on any atom is -0.467 e. The summed E-state index contributed by atoms with van der Waals surface area (Å²) < 4.78 is 8.07. The van der Waals surface area contributed by atoms with Gasteiger partial charge in [-0.05, 0) is 22.0 Å². The summed E-state index contributed by atoms with van der Waals surface area (Å²) in [6, 6.07) is 1.94. The van der Waals surface area contributed by atoms with Gasteiger partial charge < -0.3 is 10.2 Å². The second-order valence-corrected chi connectivity index (χ2v) is 3.90. The maximum atomic E-state index is 5.47. The summed E-state index contributed by atoms with van der Waals surface area (Å²) in [5.74, 6) is 0.862. The molecule has 0 aromatic carbocycles. The minimum absolute atomic E-state index is 0.506. The van der Waals surface area contributed by atoms with Gasteiger partial charge in [0.05, 0.1) is 23.5 Å². The van der Waals surface area contributed by atoms with Crippen molar-refractivity contribution in [1.82, 2.24) is 9.78 Å². The zero-order valence-electron chi connectivity index (χ0n) is 7.48. The fourth-order valence-electron chi connectivity index (χ4n) is 1.20. The van der Waals surface area contributed by atoms with Crippen molar-refractivity contribution in [3.8, 4) is 0 Å². The van der Waals surface area contributed by atoms with Gasteiger partial charge in [-0.3, -0.25) is 4.68 Å². The van der Waals surface area contributed by atoms with E-state index in [9.17, 15) is 0 Å². The highest BCUT2D eigenvalue weighted by Gasteiger charge is 2.02. The average Bonchev–Trinajstić information content (AvgIpc) is 2.76. The molecule has 2 aromatic heterocycles. The molecular formula is C9H10BrN3O. The summed E-state index contributed by atoms with van der Waals surface area (Å²) in [4.78, 5) is 0. The second kappa shape index (κ2) is 3.98. The fraction of sp³-hybridized carbons (Fsp3) is 0.222.